The summed E-state index contributed by atoms with van der Waals surface area (Å²) < 4.78 is 17.8. The van der Waals surface area contributed by atoms with Crippen LogP contribution in [0.2, 0.25) is 0 Å². The molecule has 3 heterocycles. The minimum absolute atomic E-state index is 0.114. The Morgan fingerprint density at radius 2 is 1.93 bits per heavy atom. The van der Waals surface area contributed by atoms with Gasteiger partial charge < -0.3 is 0 Å². The number of rotatable bonds is 5. The topological polar surface area (TPSA) is 65.1 Å². The lowest BCUT2D eigenvalue weighted by Crippen LogP contribution is -2.14. The molecule has 1 fully saturated rings. The fourth-order valence-corrected chi connectivity index (χ4v) is 4.08. The van der Waals surface area contributed by atoms with Gasteiger partial charge in [-0.2, -0.15) is 0 Å². The SMILES string of the molecule is O=c1cc(CSc2nnc(-c3ccccc3F)n2C2CC2)nc2ccccn12. The fourth-order valence-electron chi connectivity index (χ4n) is 3.18. The van der Waals surface area contributed by atoms with E-state index < -0.39 is 0 Å². The van der Waals surface area contributed by atoms with Gasteiger partial charge in [0.2, 0.25) is 0 Å². The number of hydrogen-bond donors (Lipinski definition) is 0. The van der Waals surface area contributed by atoms with E-state index in [2.05, 4.69) is 15.2 Å². The lowest BCUT2D eigenvalue weighted by molar-refractivity contribution is 0.622. The summed E-state index contributed by atoms with van der Waals surface area (Å²) in [5.74, 6) is 0.732. The summed E-state index contributed by atoms with van der Waals surface area (Å²) in [5, 5.41) is 9.27. The van der Waals surface area contributed by atoms with Crippen molar-refractivity contribution in [2.24, 2.45) is 0 Å². The van der Waals surface area contributed by atoms with Gasteiger partial charge in [0, 0.05) is 24.1 Å². The van der Waals surface area contributed by atoms with E-state index >= 15 is 0 Å². The highest BCUT2D eigenvalue weighted by molar-refractivity contribution is 7.98. The molecule has 1 saturated carbocycles. The Hall–Kier alpha value is -3.00. The Balaban J connectivity index is 1.47. The van der Waals surface area contributed by atoms with Gasteiger partial charge in [0.1, 0.15) is 11.5 Å². The first kappa shape index (κ1) is 17.1. The summed E-state index contributed by atoms with van der Waals surface area (Å²) in [6, 6.07) is 13.9. The molecular formula is C20H16FN5OS. The van der Waals surface area contributed by atoms with Crippen molar-refractivity contribution in [1.82, 2.24) is 24.1 Å². The van der Waals surface area contributed by atoms with Crippen LogP contribution in [-0.2, 0) is 5.75 Å². The van der Waals surface area contributed by atoms with Crippen LogP contribution in [0, 0.1) is 5.82 Å². The number of aromatic nitrogens is 5. The van der Waals surface area contributed by atoms with Crippen LogP contribution >= 0.6 is 11.8 Å². The summed E-state index contributed by atoms with van der Waals surface area (Å²) >= 11 is 1.46. The molecule has 3 aromatic heterocycles. The maximum atomic E-state index is 14.3. The third kappa shape index (κ3) is 3.09. The number of pyridine rings is 1. The molecule has 8 heteroatoms. The summed E-state index contributed by atoms with van der Waals surface area (Å²) in [6.45, 7) is 0. The minimum atomic E-state index is -0.308. The van der Waals surface area contributed by atoms with E-state index in [1.165, 1.54) is 28.3 Å². The van der Waals surface area contributed by atoms with E-state index in [9.17, 15) is 9.18 Å². The molecule has 28 heavy (non-hydrogen) atoms. The zero-order chi connectivity index (χ0) is 19.1. The predicted octanol–water partition coefficient (Wildman–Crippen LogP) is 3.72. The molecule has 0 unspecified atom stereocenters. The molecule has 6 nitrogen and oxygen atoms in total. The molecule has 0 aliphatic heterocycles. The van der Waals surface area contributed by atoms with E-state index in [-0.39, 0.29) is 11.4 Å². The van der Waals surface area contributed by atoms with Gasteiger partial charge in [-0.15, -0.1) is 10.2 Å². The average molecular weight is 393 g/mol. The lowest BCUT2D eigenvalue weighted by atomic mass is 10.2. The highest BCUT2D eigenvalue weighted by Gasteiger charge is 2.31. The first-order valence-corrected chi connectivity index (χ1v) is 9.99. The van der Waals surface area contributed by atoms with E-state index in [0.717, 1.165) is 18.0 Å². The van der Waals surface area contributed by atoms with Gasteiger partial charge in [-0.25, -0.2) is 9.37 Å². The third-order valence-corrected chi connectivity index (χ3v) is 5.64. The first-order valence-electron chi connectivity index (χ1n) is 9.00. The molecule has 4 aromatic rings. The second kappa shape index (κ2) is 6.87. The molecule has 0 atom stereocenters. The molecule has 0 amide bonds. The van der Waals surface area contributed by atoms with Crippen molar-refractivity contribution in [3.8, 4) is 11.4 Å². The van der Waals surface area contributed by atoms with Crippen LogP contribution in [0.15, 0.2) is 64.7 Å². The fraction of sp³-hybridized carbons (Fsp3) is 0.200. The van der Waals surface area contributed by atoms with Crippen LogP contribution < -0.4 is 5.56 Å². The lowest BCUT2D eigenvalue weighted by Gasteiger charge is -2.09. The minimum Gasteiger partial charge on any atom is -0.299 e. The molecular weight excluding hydrogens is 377 g/mol. The molecule has 0 radical (unpaired) electrons. The zero-order valence-electron chi connectivity index (χ0n) is 14.8. The van der Waals surface area contributed by atoms with Crippen molar-refractivity contribution in [2.45, 2.75) is 29.8 Å². The monoisotopic (exact) mass is 393 g/mol. The Morgan fingerprint density at radius 3 is 2.75 bits per heavy atom. The molecule has 1 aromatic carbocycles. The van der Waals surface area contributed by atoms with Crippen molar-refractivity contribution >= 4 is 17.4 Å². The molecule has 0 saturated heterocycles. The molecule has 0 bridgehead atoms. The maximum absolute atomic E-state index is 14.3. The third-order valence-electron chi connectivity index (χ3n) is 4.66. The van der Waals surface area contributed by atoms with Gasteiger partial charge in [-0.05, 0) is 37.1 Å². The van der Waals surface area contributed by atoms with Crippen LogP contribution in [0.5, 0.6) is 0 Å². The summed E-state index contributed by atoms with van der Waals surface area (Å²) in [7, 11) is 0. The zero-order valence-corrected chi connectivity index (χ0v) is 15.6. The normalized spacial score (nSPS) is 13.9. The Morgan fingerprint density at radius 1 is 1.11 bits per heavy atom. The number of fused-ring (bicyclic) bond motifs is 1. The van der Waals surface area contributed by atoms with E-state index in [1.807, 2.05) is 10.6 Å². The van der Waals surface area contributed by atoms with Gasteiger partial charge in [-0.3, -0.25) is 13.8 Å². The molecule has 1 aliphatic carbocycles. The van der Waals surface area contributed by atoms with Crippen molar-refractivity contribution in [3.63, 3.8) is 0 Å². The number of thioether (sulfide) groups is 1. The van der Waals surface area contributed by atoms with E-state index in [1.54, 1.807) is 36.5 Å². The van der Waals surface area contributed by atoms with Gasteiger partial charge in [0.25, 0.3) is 5.56 Å². The predicted molar refractivity (Wildman–Crippen MR) is 105 cm³/mol. The van der Waals surface area contributed by atoms with Gasteiger partial charge in [0.05, 0.1) is 11.3 Å². The summed E-state index contributed by atoms with van der Waals surface area (Å²) in [6.07, 6.45) is 3.76. The van der Waals surface area contributed by atoms with Crippen molar-refractivity contribution in [2.75, 3.05) is 0 Å². The van der Waals surface area contributed by atoms with Crippen molar-refractivity contribution in [3.05, 3.63) is 76.6 Å². The summed E-state index contributed by atoms with van der Waals surface area (Å²) in [4.78, 5) is 16.8. The van der Waals surface area contributed by atoms with E-state index in [0.29, 0.717) is 34.5 Å². The van der Waals surface area contributed by atoms with Crippen LogP contribution in [-0.4, -0.2) is 24.1 Å². The number of halogens is 1. The van der Waals surface area contributed by atoms with Crippen LogP contribution in [0.4, 0.5) is 4.39 Å². The number of nitrogens with zero attached hydrogens (tertiary/aromatic N) is 5. The molecule has 1 aliphatic rings. The molecule has 140 valence electrons. The van der Waals surface area contributed by atoms with Crippen molar-refractivity contribution in [1.29, 1.82) is 0 Å². The van der Waals surface area contributed by atoms with Gasteiger partial charge in [0.15, 0.2) is 11.0 Å². The highest BCUT2D eigenvalue weighted by Crippen LogP contribution is 2.41. The maximum Gasteiger partial charge on any atom is 0.258 e. The van der Waals surface area contributed by atoms with E-state index in [4.69, 9.17) is 0 Å². The molecule has 5 rings (SSSR count). The number of benzene rings is 1. The van der Waals surface area contributed by atoms with Gasteiger partial charge >= 0.3 is 0 Å². The van der Waals surface area contributed by atoms with Gasteiger partial charge in [-0.1, -0.05) is 30.0 Å². The standard InChI is InChI=1S/C20H16FN5OS/c21-16-6-2-1-5-15(16)19-23-24-20(26(19)14-8-9-14)28-12-13-11-18(27)25-10-4-3-7-17(25)22-13/h1-7,10-11,14H,8-9,12H2. The smallest absolute Gasteiger partial charge is 0.258 e. The first-order chi connectivity index (χ1) is 13.7. The number of hydrogen-bond acceptors (Lipinski definition) is 5. The van der Waals surface area contributed by atoms with Crippen LogP contribution in [0.25, 0.3) is 17.0 Å². The van der Waals surface area contributed by atoms with Crippen LogP contribution in [0.1, 0.15) is 24.6 Å². The largest absolute Gasteiger partial charge is 0.299 e. The summed E-state index contributed by atoms with van der Waals surface area (Å²) in [5.41, 5.74) is 1.63. The highest BCUT2D eigenvalue weighted by atomic mass is 32.2. The quantitative estimate of drug-likeness (QED) is 0.484. The Kier molecular flexibility index (Phi) is 4.20. The van der Waals surface area contributed by atoms with Crippen LogP contribution in [0.3, 0.4) is 0 Å². The average Bonchev–Trinajstić information content (AvgIpc) is 3.46. The molecule has 0 spiro atoms. The Labute approximate surface area is 164 Å². The second-order valence-electron chi connectivity index (χ2n) is 6.69. The second-order valence-corrected chi connectivity index (χ2v) is 7.63. The Bertz CT molecular complexity index is 1230. The molecule has 0 N–H and O–H groups in total. The van der Waals surface area contributed by atoms with Crippen molar-refractivity contribution < 1.29 is 4.39 Å².